The molecule has 1 heterocycles. The molecule has 0 fully saturated rings. The molecule has 0 amide bonds. The quantitative estimate of drug-likeness (QED) is 0.736. The molecule has 2 nitrogen and oxygen atoms in total. The Morgan fingerprint density at radius 1 is 1.19 bits per heavy atom. The molecule has 2 rings (SSSR count). The molecular weight excluding hydrogens is 205 g/mol. The molecule has 0 saturated heterocycles. The van der Waals surface area contributed by atoms with Gasteiger partial charge in [-0.2, -0.15) is 0 Å². The van der Waals surface area contributed by atoms with Gasteiger partial charge < -0.3 is 5.11 Å². The second-order valence-electron chi connectivity index (χ2n) is 4.95. The van der Waals surface area contributed by atoms with Gasteiger partial charge in [0.1, 0.15) is 11.3 Å². The molecule has 16 heavy (non-hydrogen) atoms. The Morgan fingerprint density at radius 2 is 1.88 bits per heavy atom. The summed E-state index contributed by atoms with van der Waals surface area (Å²) in [4.78, 5) is 4.30. The van der Waals surface area contributed by atoms with Crippen LogP contribution in [0.1, 0.15) is 26.5 Å². The molecule has 84 valence electrons. The third kappa shape index (κ3) is 1.85. The van der Waals surface area contributed by atoms with E-state index in [-0.39, 0.29) is 11.2 Å². The van der Waals surface area contributed by atoms with E-state index in [1.807, 2.05) is 26.8 Å². The van der Waals surface area contributed by atoms with Crippen LogP contribution in [0.15, 0.2) is 24.3 Å². The Hall–Kier alpha value is -1.64. The van der Waals surface area contributed by atoms with Gasteiger partial charge in [0.2, 0.25) is 0 Å². The first kappa shape index (κ1) is 10.9. The van der Waals surface area contributed by atoms with Crippen molar-refractivity contribution < 1.29 is 9.50 Å². The summed E-state index contributed by atoms with van der Waals surface area (Å²) in [5.41, 5.74) is 1.04. The molecule has 0 aliphatic carbocycles. The largest absolute Gasteiger partial charge is 0.508 e. The highest BCUT2D eigenvalue weighted by molar-refractivity contribution is 5.81. The summed E-state index contributed by atoms with van der Waals surface area (Å²) in [7, 11) is 0. The first-order chi connectivity index (χ1) is 7.38. The Balaban J connectivity index is 2.72. The van der Waals surface area contributed by atoms with Crippen LogP contribution in [0.25, 0.3) is 10.9 Å². The Morgan fingerprint density at radius 3 is 2.50 bits per heavy atom. The van der Waals surface area contributed by atoms with Gasteiger partial charge in [0.25, 0.3) is 0 Å². The maximum absolute atomic E-state index is 13.6. The van der Waals surface area contributed by atoms with Crippen molar-refractivity contribution in [3.05, 3.63) is 35.8 Å². The normalized spacial score (nSPS) is 12.0. The number of hydrogen-bond acceptors (Lipinski definition) is 2. The lowest BCUT2D eigenvalue weighted by Gasteiger charge is -2.18. The van der Waals surface area contributed by atoms with Crippen LogP contribution >= 0.6 is 0 Å². The minimum absolute atomic E-state index is 0.0738. The Bertz CT molecular complexity index is 543. The van der Waals surface area contributed by atoms with Gasteiger partial charge in [0.05, 0.1) is 0 Å². The summed E-state index contributed by atoms with van der Waals surface area (Å²) >= 11 is 0. The lowest BCUT2D eigenvalue weighted by molar-refractivity contribution is 0.470. The molecule has 0 spiro atoms. The van der Waals surface area contributed by atoms with E-state index in [2.05, 4.69) is 4.98 Å². The van der Waals surface area contributed by atoms with Gasteiger partial charge in [-0.15, -0.1) is 0 Å². The topological polar surface area (TPSA) is 33.1 Å². The molecule has 3 heteroatoms. The lowest BCUT2D eigenvalue weighted by atomic mass is 9.91. The van der Waals surface area contributed by atoms with E-state index in [4.69, 9.17) is 0 Å². The van der Waals surface area contributed by atoms with Gasteiger partial charge >= 0.3 is 0 Å². The van der Waals surface area contributed by atoms with Gasteiger partial charge in [0, 0.05) is 22.6 Å². The van der Waals surface area contributed by atoms with Crippen molar-refractivity contribution in [2.45, 2.75) is 26.2 Å². The second-order valence-corrected chi connectivity index (χ2v) is 4.95. The van der Waals surface area contributed by atoms with Crippen LogP contribution in [0, 0.1) is 5.82 Å². The van der Waals surface area contributed by atoms with Crippen LogP contribution in [0.4, 0.5) is 4.39 Å². The average Bonchev–Trinajstić information content (AvgIpc) is 2.15. The first-order valence-electron chi connectivity index (χ1n) is 5.18. The SMILES string of the molecule is CC(C)(C)c1ccc2cc(O)cc(F)c2n1. The lowest BCUT2D eigenvalue weighted by Crippen LogP contribution is -2.13. The minimum Gasteiger partial charge on any atom is -0.508 e. The highest BCUT2D eigenvalue weighted by Crippen LogP contribution is 2.26. The summed E-state index contributed by atoms with van der Waals surface area (Å²) < 4.78 is 13.6. The van der Waals surface area contributed by atoms with Crippen molar-refractivity contribution in [3.63, 3.8) is 0 Å². The van der Waals surface area contributed by atoms with Crippen molar-refractivity contribution in [2.75, 3.05) is 0 Å². The van der Waals surface area contributed by atoms with Crippen LogP contribution in [0.2, 0.25) is 0 Å². The predicted octanol–water partition coefficient (Wildman–Crippen LogP) is 3.38. The molecule has 0 saturated carbocycles. The molecule has 0 bridgehead atoms. The second kappa shape index (κ2) is 3.44. The number of halogens is 1. The molecule has 0 aliphatic rings. The number of hydrogen-bond donors (Lipinski definition) is 1. The average molecular weight is 219 g/mol. The summed E-state index contributed by atoms with van der Waals surface area (Å²) in [6.07, 6.45) is 0. The summed E-state index contributed by atoms with van der Waals surface area (Å²) in [5, 5.41) is 9.89. The Labute approximate surface area is 93.8 Å². The third-order valence-corrected chi connectivity index (χ3v) is 2.50. The fourth-order valence-electron chi connectivity index (χ4n) is 1.59. The van der Waals surface area contributed by atoms with E-state index in [1.54, 1.807) is 6.07 Å². The van der Waals surface area contributed by atoms with E-state index >= 15 is 0 Å². The maximum atomic E-state index is 13.6. The van der Waals surface area contributed by atoms with Crippen molar-refractivity contribution in [3.8, 4) is 5.75 Å². The molecule has 1 N–H and O–H groups in total. The van der Waals surface area contributed by atoms with Crippen molar-refractivity contribution in [1.29, 1.82) is 0 Å². The van der Waals surface area contributed by atoms with Crippen molar-refractivity contribution >= 4 is 10.9 Å². The van der Waals surface area contributed by atoms with Gasteiger partial charge in [-0.05, 0) is 12.1 Å². The summed E-state index contributed by atoms with van der Waals surface area (Å²) in [6, 6.07) is 6.24. The van der Waals surface area contributed by atoms with Gasteiger partial charge in [-0.1, -0.05) is 26.8 Å². The van der Waals surface area contributed by atoms with Crippen LogP contribution in [-0.4, -0.2) is 10.1 Å². The fourth-order valence-corrected chi connectivity index (χ4v) is 1.59. The number of fused-ring (bicyclic) bond motifs is 1. The summed E-state index contributed by atoms with van der Waals surface area (Å²) in [5.74, 6) is -0.559. The zero-order chi connectivity index (χ0) is 11.9. The maximum Gasteiger partial charge on any atom is 0.153 e. The predicted molar refractivity (Wildman–Crippen MR) is 62.1 cm³/mol. The standard InChI is InChI=1S/C13H14FNO/c1-13(2,3)11-5-4-8-6-9(16)7-10(14)12(8)15-11/h4-7,16H,1-3H3. The molecule has 0 unspecified atom stereocenters. The number of phenolic OH excluding ortho intramolecular Hbond substituents is 1. The molecular formula is C13H14FNO. The van der Waals surface area contributed by atoms with Crippen molar-refractivity contribution in [1.82, 2.24) is 4.98 Å². The molecule has 0 radical (unpaired) electrons. The van der Waals surface area contributed by atoms with E-state index in [0.29, 0.717) is 10.9 Å². The number of aromatic hydroxyl groups is 1. The van der Waals surface area contributed by atoms with E-state index < -0.39 is 5.82 Å². The molecule has 0 aliphatic heterocycles. The fraction of sp³-hybridized carbons (Fsp3) is 0.308. The minimum atomic E-state index is -0.485. The van der Waals surface area contributed by atoms with E-state index in [9.17, 15) is 9.50 Å². The highest BCUT2D eigenvalue weighted by Gasteiger charge is 2.16. The number of aromatic nitrogens is 1. The number of rotatable bonds is 0. The first-order valence-corrected chi connectivity index (χ1v) is 5.18. The van der Waals surface area contributed by atoms with Crippen LogP contribution in [0.3, 0.4) is 0 Å². The summed E-state index contributed by atoms with van der Waals surface area (Å²) in [6.45, 7) is 6.08. The third-order valence-electron chi connectivity index (χ3n) is 2.50. The zero-order valence-corrected chi connectivity index (χ0v) is 9.58. The smallest absolute Gasteiger partial charge is 0.153 e. The zero-order valence-electron chi connectivity index (χ0n) is 9.58. The number of pyridine rings is 1. The monoisotopic (exact) mass is 219 g/mol. The van der Waals surface area contributed by atoms with Crippen LogP contribution in [-0.2, 0) is 5.41 Å². The van der Waals surface area contributed by atoms with Gasteiger partial charge in [-0.25, -0.2) is 9.37 Å². The molecule has 0 atom stereocenters. The molecule has 2 aromatic rings. The van der Waals surface area contributed by atoms with Crippen LogP contribution < -0.4 is 0 Å². The van der Waals surface area contributed by atoms with Crippen molar-refractivity contribution in [2.24, 2.45) is 0 Å². The van der Waals surface area contributed by atoms with E-state index in [1.165, 1.54) is 6.07 Å². The highest BCUT2D eigenvalue weighted by atomic mass is 19.1. The number of benzene rings is 1. The molecule has 1 aromatic carbocycles. The van der Waals surface area contributed by atoms with Gasteiger partial charge in [0.15, 0.2) is 5.82 Å². The Kier molecular flexibility index (Phi) is 2.34. The van der Waals surface area contributed by atoms with E-state index in [0.717, 1.165) is 11.8 Å². The number of nitrogens with zero attached hydrogens (tertiary/aromatic N) is 1. The number of phenols is 1. The van der Waals surface area contributed by atoms with Gasteiger partial charge in [-0.3, -0.25) is 0 Å². The van der Waals surface area contributed by atoms with Crippen LogP contribution in [0.5, 0.6) is 5.75 Å². The molecule has 1 aromatic heterocycles.